The van der Waals surface area contributed by atoms with Gasteiger partial charge in [0.25, 0.3) is 0 Å². The van der Waals surface area contributed by atoms with Crippen LogP contribution in [0.15, 0.2) is 59.9 Å². The maximum atomic E-state index is 4.02. The van der Waals surface area contributed by atoms with Gasteiger partial charge in [0.15, 0.2) is 0 Å². The molecule has 0 unspecified atom stereocenters. The minimum absolute atomic E-state index is 0.929. The Morgan fingerprint density at radius 2 is 2.33 bits per heavy atom. The molecule has 0 aliphatic rings. The van der Waals surface area contributed by atoms with E-state index in [0.717, 1.165) is 11.1 Å². The Balaban J connectivity index is 2.55. The number of hydrogen-bond acceptors (Lipinski definition) is 2. The third-order valence-electron chi connectivity index (χ3n) is 1.72. The highest BCUT2D eigenvalue weighted by molar-refractivity contribution is 5.72. The first-order valence-corrected chi connectivity index (χ1v) is 4.69. The Labute approximate surface area is 90.4 Å². The summed E-state index contributed by atoms with van der Waals surface area (Å²) in [7, 11) is 1.73. The van der Waals surface area contributed by atoms with E-state index >= 15 is 0 Å². The molecule has 0 atom stereocenters. The molecule has 0 fully saturated rings. The highest BCUT2D eigenvalue weighted by Crippen LogP contribution is 2.02. The quantitative estimate of drug-likeness (QED) is 0.539. The van der Waals surface area contributed by atoms with Gasteiger partial charge in [-0.25, -0.2) is 0 Å². The number of aliphatic imine (C=N–C) groups is 1. The van der Waals surface area contributed by atoms with Crippen LogP contribution < -0.4 is 0 Å². The molecule has 0 aromatic carbocycles. The Morgan fingerprint density at radius 3 is 3.00 bits per heavy atom. The number of nitrogens with zero attached hydrogens (tertiary/aromatic N) is 2. The summed E-state index contributed by atoms with van der Waals surface area (Å²) in [5, 5.41) is 0. The Bertz CT molecular complexity index is 386. The van der Waals surface area contributed by atoms with Crippen molar-refractivity contribution in [1.82, 2.24) is 4.98 Å². The van der Waals surface area contributed by atoms with Gasteiger partial charge < -0.3 is 0 Å². The minimum atomic E-state index is 0.929. The van der Waals surface area contributed by atoms with E-state index in [9.17, 15) is 0 Å². The van der Waals surface area contributed by atoms with Crippen LogP contribution in [0, 0.1) is 0 Å². The van der Waals surface area contributed by atoms with E-state index in [1.165, 1.54) is 0 Å². The van der Waals surface area contributed by atoms with Crippen molar-refractivity contribution in [3.05, 3.63) is 60.5 Å². The number of allylic oxidation sites excluding steroid dienone is 4. The van der Waals surface area contributed by atoms with Crippen LogP contribution in [-0.2, 0) is 0 Å². The van der Waals surface area contributed by atoms with Crippen molar-refractivity contribution in [2.75, 3.05) is 7.05 Å². The van der Waals surface area contributed by atoms with E-state index < -0.39 is 0 Å². The maximum Gasteiger partial charge on any atom is 0.0340 e. The van der Waals surface area contributed by atoms with Gasteiger partial charge in [-0.2, -0.15) is 0 Å². The van der Waals surface area contributed by atoms with Crippen LogP contribution in [0.4, 0.5) is 0 Å². The van der Waals surface area contributed by atoms with Crippen LogP contribution >= 0.6 is 0 Å². The zero-order chi connectivity index (χ0) is 10.9. The van der Waals surface area contributed by atoms with Crippen molar-refractivity contribution in [2.24, 2.45) is 4.99 Å². The first-order valence-electron chi connectivity index (χ1n) is 4.69. The van der Waals surface area contributed by atoms with Gasteiger partial charge in [0.1, 0.15) is 0 Å². The van der Waals surface area contributed by atoms with Gasteiger partial charge in [0.2, 0.25) is 0 Å². The van der Waals surface area contributed by atoms with Crippen molar-refractivity contribution in [1.29, 1.82) is 0 Å². The van der Waals surface area contributed by atoms with E-state index in [-0.39, 0.29) is 0 Å². The Morgan fingerprint density at radius 1 is 1.47 bits per heavy atom. The molecule has 0 spiro atoms. The summed E-state index contributed by atoms with van der Waals surface area (Å²) in [4.78, 5) is 7.86. The smallest absolute Gasteiger partial charge is 0.0340 e. The lowest BCUT2D eigenvalue weighted by molar-refractivity contribution is 1.32. The second kappa shape index (κ2) is 6.49. The second-order valence-electron chi connectivity index (χ2n) is 2.96. The molecule has 0 aliphatic heterocycles. The predicted octanol–water partition coefficient (Wildman–Crippen LogP) is 2.91. The average Bonchev–Trinajstić information content (AvgIpc) is 2.28. The second-order valence-corrected chi connectivity index (χ2v) is 2.96. The molecule has 0 N–H and O–H groups in total. The van der Waals surface area contributed by atoms with Gasteiger partial charge in [-0.3, -0.25) is 9.98 Å². The summed E-state index contributed by atoms with van der Waals surface area (Å²) in [6.07, 6.45) is 13.0. The van der Waals surface area contributed by atoms with Crippen molar-refractivity contribution in [3.8, 4) is 0 Å². The van der Waals surface area contributed by atoms with Gasteiger partial charge in [0, 0.05) is 25.7 Å². The summed E-state index contributed by atoms with van der Waals surface area (Å²) < 4.78 is 0. The number of pyridine rings is 1. The summed E-state index contributed by atoms with van der Waals surface area (Å²) in [6, 6.07) is 3.90. The van der Waals surface area contributed by atoms with E-state index in [0.29, 0.717) is 0 Å². The molecule has 1 aromatic heterocycles. The third kappa shape index (κ3) is 4.72. The predicted molar refractivity (Wildman–Crippen MR) is 66.0 cm³/mol. The van der Waals surface area contributed by atoms with E-state index in [2.05, 4.69) is 16.6 Å². The van der Waals surface area contributed by atoms with Gasteiger partial charge >= 0.3 is 0 Å². The SMILES string of the molecule is C=C(/C=C\C=N/C)/C=C\c1cccnc1. The van der Waals surface area contributed by atoms with Crippen molar-refractivity contribution in [3.63, 3.8) is 0 Å². The lowest BCUT2D eigenvalue weighted by Gasteiger charge is -1.91. The fourth-order valence-electron chi connectivity index (χ4n) is 0.986. The molecule has 0 amide bonds. The Kier molecular flexibility index (Phi) is 4.81. The fraction of sp³-hybridized carbons (Fsp3) is 0.0769. The van der Waals surface area contributed by atoms with Crippen LogP contribution in [0.1, 0.15) is 5.56 Å². The molecule has 0 radical (unpaired) electrons. The zero-order valence-corrected chi connectivity index (χ0v) is 8.80. The van der Waals surface area contributed by atoms with Crippen LogP contribution in [-0.4, -0.2) is 18.2 Å². The molecule has 0 aliphatic carbocycles. The van der Waals surface area contributed by atoms with Gasteiger partial charge in [-0.15, -0.1) is 0 Å². The van der Waals surface area contributed by atoms with Crippen LogP contribution in [0.2, 0.25) is 0 Å². The molecule has 0 bridgehead atoms. The van der Waals surface area contributed by atoms with E-state index in [1.54, 1.807) is 25.7 Å². The summed E-state index contributed by atoms with van der Waals surface area (Å²) in [5.41, 5.74) is 2.00. The topological polar surface area (TPSA) is 25.2 Å². The van der Waals surface area contributed by atoms with Crippen molar-refractivity contribution >= 4 is 12.3 Å². The van der Waals surface area contributed by atoms with Gasteiger partial charge in [-0.05, 0) is 23.3 Å². The fourth-order valence-corrected chi connectivity index (χ4v) is 0.986. The molecule has 1 rings (SSSR count). The average molecular weight is 198 g/mol. The van der Waals surface area contributed by atoms with E-state index in [4.69, 9.17) is 0 Å². The monoisotopic (exact) mass is 198 g/mol. The lowest BCUT2D eigenvalue weighted by Crippen LogP contribution is -1.74. The molecule has 0 saturated heterocycles. The maximum absolute atomic E-state index is 4.02. The number of rotatable bonds is 4. The number of hydrogen-bond donors (Lipinski definition) is 0. The zero-order valence-electron chi connectivity index (χ0n) is 8.80. The van der Waals surface area contributed by atoms with Crippen molar-refractivity contribution < 1.29 is 0 Å². The molecule has 0 saturated carbocycles. The molecule has 2 nitrogen and oxygen atoms in total. The third-order valence-corrected chi connectivity index (χ3v) is 1.72. The first-order chi connectivity index (χ1) is 7.33. The summed E-state index contributed by atoms with van der Waals surface area (Å²) in [5.74, 6) is 0. The van der Waals surface area contributed by atoms with Crippen LogP contribution in [0.25, 0.3) is 6.08 Å². The largest absolute Gasteiger partial charge is 0.297 e. The molecule has 76 valence electrons. The van der Waals surface area contributed by atoms with Gasteiger partial charge in [-0.1, -0.05) is 30.9 Å². The summed E-state index contributed by atoms with van der Waals surface area (Å²) in [6.45, 7) is 3.89. The minimum Gasteiger partial charge on any atom is -0.297 e. The lowest BCUT2D eigenvalue weighted by atomic mass is 10.2. The number of aromatic nitrogens is 1. The van der Waals surface area contributed by atoms with Crippen LogP contribution in [0.5, 0.6) is 0 Å². The molecule has 1 aromatic rings. The normalized spacial score (nSPS) is 11.8. The summed E-state index contributed by atoms with van der Waals surface area (Å²) >= 11 is 0. The molecule has 15 heavy (non-hydrogen) atoms. The van der Waals surface area contributed by atoms with Crippen LogP contribution in [0.3, 0.4) is 0 Å². The highest BCUT2D eigenvalue weighted by Gasteiger charge is 1.83. The Hall–Kier alpha value is -1.96. The molecule has 1 heterocycles. The molecular weight excluding hydrogens is 184 g/mol. The molecule has 2 heteroatoms. The first kappa shape index (κ1) is 11.1. The molecular formula is C13H14N2. The van der Waals surface area contributed by atoms with Gasteiger partial charge in [0.05, 0.1) is 0 Å². The van der Waals surface area contributed by atoms with Crippen molar-refractivity contribution in [2.45, 2.75) is 0 Å². The highest BCUT2D eigenvalue weighted by atomic mass is 14.6. The standard InChI is InChI=1S/C13H14N2/c1-12(5-3-9-14-2)7-8-13-6-4-10-15-11-13/h3-11H,1H2,2H3/b5-3-,8-7-,14-9-. The van der Waals surface area contributed by atoms with E-state index in [1.807, 2.05) is 36.4 Å².